The average molecular weight is 435 g/mol. The van der Waals surface area contributed by atoms with Gasteiger partial charge in [-0.15, -0.1) is 11.3 Å². The smallest absolute Gasteiger partial charge is 0.324 e. The monoisotopic (exact) mass is 435 g/mol. The van der Waals surface area contributed by atoms with E-state index in [9.17, 15) is 22.8 Å². The molecule has 0 saturated heterocycles. The van der Waals surface area contributed by atoms with Gasteiger partial charge in [0.15, 0.2) is 0 Å². The molecule has 9 heteroatoms. The Labute approximate surface area is 174 Å². The molecule has 30 heavy (non-hydrogen) atoms. The van der Waals surface area contributed by atoms with Crippen LogP contribution in [0.2, 0.25) is 0 Å². The van der Waals surface area contributed by atoms with Crippen molar-refractivity contribution in [2.24, 2.45) is 5.92 Å². The number of aryl methyl sites for hydroxylation is 1. The highest BCUT2D eigenvalue weighted by Gasteiger charge is 2.34. The minimum absolute atomic E-state index is 0.334. The van der Waals surface area contributed by atoms with Crippen LogP contribution in [0, 0.1) is 5.92 Å². The molecule has 0 aliphatic heterocycles. The number of halogens is 3. The molecule has 1 aromatic carbocycles. The van der Waals surface area contributed by atoms with E-state index in [1.54, 1.807) is 0 Å². The van der Waals surface area contributed by atoms with Crippen LogP contribution < -0.4 is 10.9 Å². The molecule has 2 unspecified atom stereocenters. The second-order valence-electron chi connectivity index (χ2n) is 7.70. The SMILES string of the molecule is CC1CCc2c(sc3ncn(C(C)C(=O)Nc4ccccc4C(F)(F)F)c(=O)c23)C1. The molecule has 2 heterocycles. The zero-order valence-corrected chi connectivity index (χ0v) is 17.2. The van der Waals surface area contributed by atoms with Crippen molar-refractivity contribution in [1.29, 1.82) is 0 Å². The second-order valence-corrected chi connectivity index (χ2v) is 8.78. The first kappa shape index (κ1) is 20.6. The van der Waals surface area contributed by atoms with Gasteiger partial charge in [0.2, 0.25) is 5.91 Å². The third-order valence-electron chi connectivity index (χ3n) is 5.53. The van der Waals surface area contributed by atoms with Gasteiger partial charge in [0.1, 0.15) is 10.9 Å². The van der Waals surface area contributed by atoms with Gasteiger partial charge in [-0.25, -0.2) is 4.98 Å². The molecule has 0 saturated carbocycles. The molecule has 5 nitrogen and oxygen atoms in total. The zero-order chi connectivity index (χ0) is 21.6. The average Bonchev–Trinajstić information content (AvgIpc) is 3.05. The summed E-state index contributed by atoms with van der Waals surface area (Å²) in [6, 6.07) is 3.74. The summed E-state index contributed by atoms with van der Waals surface area (Å²) in [5.74, 6) is -0.168. The lowest BCUT2D eigenvalue weighted by atomic mass is 9.89. The topological polar surface area (TPSA) is 64.0 Å². The van der Waals surface area contributed by atoms with E-state index in [4.69, 9.17) is 0 Å². The largest absolute Gasteiger partial charge is 0.418 e. The van der Waals surface area contributed by atoms with E-state index in [1.807, 2.05) is 0 Å². The van der Waals surface area contributed by atoms with Crippen LogP contribution in [-0.4, -0.2) is 15.5 Å². The summed E-state index contributed by atoms with van der Waals surface area (Å²) < 4.78 is 40.8. The van der Waals surface area contributed by atoms with Crippen molar-refractivity contribution in [2.45, 2.75) is 45.3 Å². The highest BCUT2D eigenvalue weighted by molar-refractivity contribution is 7.18. The van der Waals surface area contributed by atoms with Crippen LogP contribution in [-0.2, 0) is 23.8 Å². The van der Waals surface area contributed by atoms with E-state index < -0.39 is 23.7 Å². The summed E-state index contributed by atoms with van der Waals surface area (Å²) in [4.78, 5) is 32.0. The molecule has 0 radical (unpaired) electrons. The lowest BCUT2D eigenvalue weighted by molar-refractivity contribution is -0.137. The van der Waals surface area contributed by atoms with Gasteiger partial charge in [-0.2, -0.15) is 13.2 Å². The minimum atomic E-state index is -4.60. The van der Waals surface area contributed by atoms with Gasteiger partial charge in [-0.1, -0.05) is 19.1 Å². The van der Waals surface area contributed by atoms with Gasteiger partial charge < -0.3 is 5.32 Å². The number of hydrogen-bond donors (Lipinski definition) is 1. The van der Waals surface area contributed by atoms with Crippen LogP contribution in [0.5, 0.6) is 0 Å². The van der Waals surface area contributed by atoms with E-state index in [1.165, 1.54) is 47.4 Å². The lowest BCUT2D eigenvalue weighted by Crippen LogP contribution is -2.32. The van der Waals surface area contributed by atoms with Crippen LogP contribution in [0.4, 0.5) is 18.9 Å². The Bertz CT molecular complexity index is 1180. The van der Waals surface area contributed by atoms with Crippen molar-refractivity contribution < 1.29 is 18.0 Å². The number of benzene rings is 1. The highest BCUT2D eigenvalue weighted by Crippen LogP contribution is 2.36. The number of rotatable bonds is 3. The molecule has 2 atom stereocenters. The maximum absolute atomic E-state index is 13.2. The molecule has 1 aliphatic carbocycles. The third kappa shape index (κ3) is 3.62. The molecular weight excluding hydrogens is 415 g/mol. The first-order chi connectivity index (χ1) is 14.2. The zero-order valence-electron chi connectivity index (χ0n) is 16.4. The molecule has 1 N–H and O–H groups in total. The number of nitrogens with one attached hydrogen (secondary N) is 1. The summed E-state index contributed by atoms with van der Waals surface area (Å²) in [5, 5.41) is 2.84. The van der Waals surface area contributed by atoms with Crippen molar-refractivity contribution in [3.05, 3.63) is 57.0 Å². The fraction of sp³-hybridized carbons (Fsp3) is 0.381. The van der Waals surface area contributed by atoms with Crippen LogP contribution >= 0.6 is 11.3 Å². The molecule has 1 amide bonds. The first-order valence-electron chi connectivity index (χ1n) is 9.65. The molecule has 2 aromatic heterocycles. The molecule has 1 aliphatic rings. The standard InChI is InChI=1S/C21H20F3N3O2S/c1-11-7-8-13-16(9-11)30-19-17(13)20(29)27(10-25-19)12(2)18(28)26-15-6-4-3-5-14(15)21(22,23)24/h3-6,10-12H,7-9H2,1-2H3,(H,26,28). The molecule has 0 bridgehead atoms. The predicted molar refractivity (Wildman–Crippen MR) is 110 cm³/mol. The van der Waals surface area contributed by atoms with E-state index >= 15 is 0 Å². The van der Waals surface area contributed by atoms with Gasteiger partial charge in [0.05, 0.1) is 23.0 Å². The number of alkyl halides is 3. The normalized spacial score (nSPS) is 17.6. The predicted octanol–water partition coefficient (Wildman–Crippen LogP) is 4.80. The van der Waals surface area contributed by atoms with E-state index in [0.717, 1.165) is 35.8 Å². The lowest BCUT2D eigenvalue weighted by Gasteiger charge is -2.19. The number of thiophene rings is 1. The second kappa shape index (κ2) is 7.54. The maximum atomic E-state index is 13.2. The number of amides is 1. The fourth-order valence-corrected chi connectivity index (χ4v) is 5.16. The van der Waals surface area contributed by atoms with Crippen LogP contribution in [0.1, 0.15) is 42.3 Å². The summed E-state index contributed by atoms with van der Waals surface area (Å²) in [6.07, 6.45) is -0.623. The molecular formula is C21H20F3N3O2S. The van der Waals surface area contributed by atoms with E-state index in [-0.39, 0.29) is 11.2 Å². The Morgan fingerprint density at radius 1 is 1.33 bits per heavy atom. The Hall–Kier alpha value is -2.68. The van der Waals surface area contributed by atoms with Crippen LogP contribution in [0.3, 0.4) is 0 Å². The van der Waals surface area contributed by atoms with Gasteiger partial charge in [0, 0.05) is 4.88 Å². The van der Waals surface area contributed by atoms with Crippen molar-refractivity contribution >= 4 is 33.1 Å². The number of aromatic nitrogens is 2. The van der Waals surface area contributed by atoms with Crippen LogP contribution in [0.25, 0.3) is 10.2 Å². The summed E-state index contributed by atoms with van der Waals surface area (Å²) in [7, 11) is 0. The fourth-order valence-electron chi connectivity index (χ4n) is 3.82. The minimum Gasteiger partial charge on any atom is -0.324 e. The van der Waals surface area contributed by atoms with Crippen molar-refractivity contribution in [1.82, 2.24) is 9.55 Å². The van der Waals surface area contributed by atoms with Gasteiger partial charge in [0.25, 0.3) is 5.56 Å². The summed E-state index contributed by atoms with van der Waals surface area (Å²) >= 11 is 1.50. The van der Waals surface area contributed by atoms with Gasteiger partial charge in [-0.05, 0) is 49.8 Å². The molecule has 0 spiro atoms. The Morgan fingerprint density at radius 3 is 2.80 bits per heavy atom. The third-order valence-corrected chi connectivity index (χ3v) is 6.69. The quantitative estimate of drug-likeness (QED) is 0.643. The van der Waals surface area contributed by atoms with E-state index in [2.05, 4.69) is 17.2 Å². The first-order valence-corrected chi connectivity index (χ1v) is 10.5. The number of hydrogen-bond acceptors (Lipinski definition) is 4. The Kier molecular flexibility index (Phi) is 5.17. The molecule has 3 aromatic rings. The molecule has 158 valence electrons. The number of fused-ring (bicyclic) bond motifs is 3. The summed E-state index contributed by atoms with van der Waals surface area (Å²) in [5.41, 5.74) is -0.618. The van der Waals surface area contributed by atoms with Gasteiger partial charge >= 0.3 is 6.18 Å². The molecule has 4 rings (SSSR count). The number of carbonyl (C=O) groups excluding carboxylic acids is 1. The van der Waals surface area contributed by atoms with Crippen molar-refractivity contribution in [2.75, 3.05) is 5.32 Å². The Morgan fingerprint density at radius 2 is 2.07 bits per heavy atom. The van der Waals surface area contributed by atoms with Crippen molar-refractivity contribution in [3.63, 3.8) is 0 Å². The number of carbonyl (C=O) groups is 1. The number of anilines is 1. The van der Waals surface area contributed by atoms with Gasteiger partial charge in [-0.3, -0.25) is 14.2 Å². The summed E-state index contributed by atoms with van der Waals surface area (Å²) in [6.45, 7) is 3.64. The Balaban J connectivity index is 1.67. The van der Waals surface area contributed by atoms with E-state index in [0.29, 0.717) is 16.1 Å². The van der Waals surface area contributed by atoms with Crippen LogP contribution in [0.15, 0.2) is 35.4 Å². The highest BCUT2D eigenvalue weighted by atomic mass is 32.1. The number of para-hydroxylation sites is 1. The molecule has 0 fully saturated rings. The maximum Gasteiger partial charge on any atom is 0.418 e. The number of nitrogens with zero attached hydrogens (tertiary/aromatic N) is 2. The van der Waals surface area contributed by atoms with Crippen molar-refractivity contribution in [3.8, 4) is 0 Å².